The fourth-order valence-corrected chi connectivity index (χ4v) is 3.11. The van der Waals surface area contributed by atoms with E-state index in [1.54, 1.807) is 11.3 Å². The summed E-state index contributed by atoms with van der Waals surface area (Å²) in [4.78, 5) is 11.0. The number of thiazole rings is 1. The molecule has 3 rings (SSSR count). The van der Waals surface area contributed by atoms with Gasteiger partial charge in [-0.2, -0.15) is 0 Å². The van der Waals surface area contributed by atoms with Crippen molar-refractivity contribution in [1.82, 2.24) is 4.98 Å². The van der Waals surface area contributed by atoms with Crippen LogP contribution in [-0.4, -0.2) is 17.5 Å². The highest BCUT2D eigenvalue weighted by Gasteiger charge is 2.30. The summed E-state index contributed by atoms with van der Waals surface area (Å²) in [5, 5.41) is 3.14. The number of nitrogens with zero attached hydrogens (tertiary/aromatic N) is 3. The second kappa shape index (κ2) is 4.66. The average molecular weight is 272 g/mol. The monoisotopic (exact) mass is 272 g/mol. The number of aryl methyl sites for hydroxylation is 2. The Kier molecular flexibility index (Phi) is 2.98. The normalized spacial score (nSPS) is 18.7. The number of hydrogen-bond donors (Lipinski definition) is 1. The summed E-state index contributed by atoms with van der Waals surface area (Å²) < 4.78 is 0. The third-order valence-corrected chi connectivity index (χ3v) is 4.28. The van der Waals surface area contributed by atoms with Crippen LogP contribution in [0.1, 0.15) is 22.3 Å². The predicted octanol–water partition coefficient (Wildman–Crippen LogP) is 2.64. The van der Waals surface area contributed by atoms with Crippen molar-refractivity contribution in [2.24, 2.45) is 10.7 Å². The first-order valence-corrected chi connectivity index (χ1v) is 7.11. The lowest BCUT2D eigenvalue weighted by molar-refractivity contribution is 0.758. The highest BCUT2D eigenvalue weighted by atomic mass is 32.1. The van der Waals surface area contributed by atoms with E-state index in [0.717, 1.165) is 16.4 Å². The van der Waals surface area contributed by atoms with Crippen molar-refractivity contribution in [3.05, 3.63) is 45.9 Å². The van der Waals surface area contributed by atoms with Crippen molar-refractivity contribution < 1.29 is 0 Å². The number of guanidine groups is 1. The van der Waals surface area contributed by atoms with Gasteiger partial charge in [-0.1, -0.05) is 17.7 Å². The Labute approximate surface area is 116 Å². The molecule has 0 aliphatic carbocycles. The maximum Gasteiger partial charge on any atom is 0.196 e. The molecule has 0 spiro atoms. The van der Waals surface area contributed by atoms with Crippen molar-refractivity contribution in [3.63, 3.8) is 0 Å². The van der Waals surface area contributed by atoms with Crippen LogP contribution in [0.3, 0.4) is 0 Å². The van der Waals surface area contributed by atoms with Gasteiger partial charge in [0.15, 0.2) is 5.96 Å². The minimum Gasteiger partial charge on any atom is -0.369 e. The first-order chi connectivity index (χ1) is 9.15. The Hall–Kier alpha value is -1.88. The van der Waals surface area contributed by atoms with E-state index in [0.29, 0.717) is 12.5 Å². The molecule has 1 aromatic carbocycles. The molecule has 1 atom stereocenters. The highest BCUT2D eigenvalue weighted by molar-refractivity contribution is 7.09. The topological polar surface area (TPSA) is 54.5 Å². The zero-order chi connectivity index (χ0) is 13.4. The van der Waals surface area contributed by atoms with Crippen LogP contribution in [0, 0.1) is 13.8 Å². The van der Waals surface area contributed by atoms with Gasteiger partial charge in [-0.15, -0.1) is 11.3 Å². The molecule has 1 aliphatic rings. The van der Waals surface area contributed by atoms with E-state index in [1.807, 2.05) is 6.92 Å². The summed E-state index contributed by atoms with van der Waals surface area (Å²) in [6, 6.07) is 8.46. The van der Waals surface area contributed by atoms with Gasteiger partial charge in [0.25, 0.3) is 0 Å². The lowest BCUT2D eigenvalue weighted by atomic mass is 10.2. The van der Waals surface area contributed by atoms with Gasteiger partial charge >= 0.3 is 0 Å². The minimum atomic E-state index is 0.126. The molecular formula is C14H16N4S. The van der Waals surface area contributed by atoms with Crippen molar-refractivity contribution in [3.8, 4) is 0 Å². The van der Waals surface area contributed by atoms with Crippen LogP contribution in [0.4, 0.5) is 5.69 Å². The van der Waals surface area contributed by atoms with Gasteiger partial charge in [0.2, 0.25) is 0 Å². The van der Waals surface area contributed by atoms with E-state index in [4.69, 9.17) is 5.73 Å². The van der Waals surface area contributed by atoms with E-state index in [1.165, 1.54) is 5.56 Å². The maximum atomic E-state index is 6.04. The molecule has 2 heterocycles. The largest absolute Gasteiger partial charge is 0.369 e. The summed E-state index contributed by atoms with van der Waals surface area (Å²) in [7, 11) is 0. The Balaban J connectivity index is 1.96. The quantitative estimate of drug-likeness (QED) is 0.914. The molecule has 4 nitrogen and oxygen atoms in total. The third kappa shape index (κ3) is 2.21. The van der Waals surface area contributed by atoms with Crippen LogP contribution >= 0.6 is 11.3 Å². The molecule has 1 unspecified atom stereocenters. The van der Waals surface area contributed by atoms with Gasteiger partial charge < -0.3 is 10.6 Å². The second-order valence-electron chi connectivity index (χ2n) is 4.75. The average Bonchev–Trinajstić information content (AvgIpc) is 2.97. The molecule has 0 saturated carbocycles. The molecule has 0 amide bonds. The van der Waals surface area contributed by atoms with Crippen LogP contribution in [-0.2, 0) is 0 Å². The standard InChI is InChI=1S/C14H16N4S/c1-9-3-5-11(6-4-9)18-12(7-16-14(18)15)13-17-10(2)8-19-13/h3-6,8,12H,7H2,1-2H3,(H2,15,16). The lowest BCUT2D eigenvalue weighted by Crippen LogP contribution is -2.36. The third-order valence-electron chi connectivity index (χ3n) is 3.22. The van der Waals surface area contributed by atoms with E-state index >= 15 is 0 Å². The van der Waals surface area contributed by atoms with Gasteiger partial charge in [0.1, 0.15) is 11.0 Å². The van der Waals surface area contributed by atoms with Gasteiger partial charge in [-0.3, -0.25) is 4.99 Å². The summed E-state index contributed by atoms with van der Waals surface area (Å²) in [6.07, 6.45) is 0. The molecule has 2 N–H and O–H groups in total. The molecule has 0 fully saturated rings. The number of nitrogens with two attached hydrogens (primary N) is 1. The van der Waals surface area contributed by atoms with E-state index < -0.39 is 0 Å². The zero-order valence-electron chi connectivity index (χ0n) is 11.0. The van der Waals surface area contributed by atoms with Crippen molar-refractivity contribution in [2.75, 3.05) is 11.4 Å². The van der Waals surface area contributed by atoms with Crippen molar-refractivity contribution in [2.45, 2.75) is 19.9 Å². The van der Waals surface area contributed by atoms with Crippen LogP contribution < -0.4 is 10.6 Å². The smallest absolute Gasteiger partial charge is 0.196 e. The van der Waals surface area contributed by atoms with E-state index in [-0.39, 0.29) is 6.04 Å². The van der Waals surface area contributed by atoms with Crippen molar-refractivity contribution in [1.29, 1.82) is 0 Å². The molecule has 98 valence electrons. The molecule has 1 aromatic heterocycles. The number of aromatic nitrogens is 1. The molecular weight excluding hydrogens is 256 g/mol. The fourth-order valence-electron chi connectivity index (χ4n) is 2.23. The van der Waals surface area contributed by atoms with Crippen molar-refractivity contribution >= 4 is 23.0 Å². The van der Waals surface area contributed by atoms with Crippen LogP contribution in [0.25, 0.3) is 0 Å². The van der Waals surface area contributed by atoms with E-state index in [2.05, 4.69) is 51.4 Å². The van der Waals surface area contributed by atoms with Gasteiger partial charge in [0, 0.05) is 16.8 Å². The number of rotatable bonds is 2. The Morgan fingerprint density at radius 2 is 2.00 bits per heavy atom. The Morgan fingerprint density at radius 3 is 2.63 bits per heavy atom. The van der Waals surface area contributed by atoms with Crippen LogP contribution in [0.15, 0.2) is 34.6 Å². The molecule has 0 radical (unpaired) electrons. The summed E-state index contributed by atoms with van der Waals surface area (Å²) in [5.74, 6) is 0.571. The summed E-state index contributed by atoms with van der Waals surface area (Å²) in [5.41, 5.74) is 9.39. The number of hydrogen-bond acceptors (Lipinski definition) is 5. The molecule has 2 aromatic rings. The fraction of sp³-hybridized carbons (Fsp3) is 0.286. The van der Waals surface area contributed by atoms with E-state index in [9.17, 15) is 0 Å². The second-order valence-corrected chi connectivity index (χ2v) is 5.64. The Bertz CT molecular complexity index is 615. The van der Waals surface area contributed by atoms with Crippen LogP contribution in [0.5, 0.6) is 0 Å². The highest BCUT2D eigenvalue weighted by Crippen LogP contribution is 2.32. The summed E-state index contributed by atoms with van der Waals surface area (Å²) >= 11 is 1.67. The molecule has 1 aliphatic heterocycles. The number of aliphatic imine (C=N–C) groups is 1. The molecule has 0 saturated heterocycles. The van der Waals surface area contributed by atoms with Gasteiger partial charge in [0.05, 0.1) is 6.54 Å². The lowest BCUT2D eigenvalue weighted by Gasteiger charge is -2.24. The van der Waals surface area contributed by atoms with Gasteiger partial charge in [-0.25, -0.2) is 4.98 Å². The predicted molar refractivity (Wildman–Crippen MR) is 79.7 cm³/mol. The Morgan fingerprint density at radius 1 is 1.26 bits per heavy atom. The first-order valence-electron chi connectivity index (χ1n) is 6.23. The number of benzene rings is 1. The molecule has 5 heteroatoms. The zero-order valence-corrected chi connectivity index (χ0v) is 11.8. The van der Waals surface area contributed by atoms with Gasteiger partial charge in [-0.05, 0) is 26.0 Å². The first kappa shape index (κ1) is 12.2. The number of anilines is 1. The molecule has 0 bridgehead atoms. The maximum absolute atomic E-state index is 6.04. The molecule has 19 heavy (non-hydrogen) atoms. The van der Waals surface area contributed by atoms with Crippen LogP contribution in [0.2, 0.25) is 0 Å². The summed E-state index contributed by atoms with van der Waals surface area (Å²) in [6.45, 7) is 4.76. The SMILES string of the molecule is Cc1ccc(N2C(N)=NCC2c2nc(C)cs2)cc1. The minimum absolute atomic E-state index is 0.126.